The van der Waals surface area contributed by atoms with E-state index in [9.17, 15) is 0 Å². The molecule has 1 nitrogen and oxygen atoms in total. The number of aryl methyl sites for hydroxylation is 2. The Balaban J connectivity index is 1.72. The van der Waals surface area contributed by atoms with Gasteiger partial charge in [0.05, 0.1) is 0 Å². The van der Waals surface area contributed by atoms with Gasteiger partial charge in [0.15, 0.2) is 0 Å². The van der Waals surface area contributed by atoms with E-state index in [0.717, 1.165) is 24.3 Å². The van der Waals surface area contributed by atoms with E-state index < -0.39 is 0 Å². The Labute approximate surface area is 121 Å². The lowest BCUT2D eigenvalue weighted by Crippen LogP contribution is -2.25. The summed E-state index contributed by atoms with van der Waals surface area (Å²) < 4.78 is 0. The molecular weight excluding hydrogens is 250 g/mol. The zero-order chi connectivity index (χ0) is 13.4. The molecule has 19 heavy (non-hydrogen) atoms. The summed E-state index contributed by atoms with van der Waals surface area (Å²) >= 11 is 1.96. The van der Waals surface area contributed by atoms with Crippen LogP contribution in [-0.4, -0.2) is 6.54 Å². The second-order valence-electron chi connectivity index (χ2n) is 6.65. The van der Waals surface area contributed by atoms with Crippen LogP contribution >= 0.6 is 11.3 Å². The van der Waals surface area contributed by atoms with Crippen LogP contribution in [0, 0.1) is 31.6 Å². The molecule has 2 saturated carbocycles. The van der Waals surface area contributed by atoms with Gasteiger partial charge in [-0.3, -0.25) is 0 Å². The molecule has 0 aliphatic heterocycles. The highest BCUT2D eigenvalue weighted by molar-refractivity contribution is 7.12. The van der Waals surface area contributed by atoms with Crippen LogP contribution < -0.4 is 5.32 Å². The Morgan fingerprint density at radius 3 is 2.68 bits per heavy atom. The van der Waals surface area contributed by atoms with E-state index >= 15 is 0 Å². The molecule has 2 aliphatic rings. The van der Waals surface area contributed by atoms with Crippen molar-refractivity contribution in [2.45, 2.75) is 58.9 Å². The maximum atomic E-state index is 3.75. The van der Waals surface area contributed by atoms with Crippen LogP contribution in [0.5, 0.6) is 0 Å². The topological polar surface area (TPSA) is 12.0 Å². The predicted octanol–water partition coefficient (Wildman–Crippen LogP) is 4.84. The first kappa shape index (κ1) is 13.6. The number of thiophene rings is 1. The van der Waals surface area contributed by atoms with E-state index in [4.69, 9.17) is 0 Å². The molecule has 1 heterocycles. The first-order valence-electron chi connectivity index (χ1n) is 7.97. The second-order valence-corrected chi connectivity index (χ2v) is 8.11. The Morgan fingerprint density at radius 1 is 1.32 bits per heavy atom. The smallest absolute Gasteiger partial charge is 0.0333 e. The normalized spacial score (nSPS) is 31.0. The van der Waals surface area contributed by atoms with E-state index in [1.807, 2.05) is 11.3 Å². The minimum atomic E-state index is 0.597. The minimum absolute atomic E-state index is 0.597. The van der Waals surface area contributed by atoms with Crippen molar-refractivity contribution in [2.75, 3.05) is 6.54 Å². The average molecular weight is 277 g/mol. The highest BCUT2D eigenvalue weighted by Gasteiger charge is 2.40. The fourth-order valence-electron chi connectivity index (χ4n) is 4.53. The van der Waals surface area contributed by atoms with Crippen molar-refractivity contribution in [3.05, 3.63) is 21.4 Å². The van der Waals surface area contributed by atoms with Gasteiger partial charge in [0.1, 0.15) is 0 Å². The second kappa shape index (κ2) is 5.57. The van der Waals surface area contributed by atoms with Crippen LogP contribution in [0.2, 0.25) is 0 Å². The zero-order valence-corrected chi connectivity index (χ0v) is 13.4. The van der Waals surface area contributed by atoms with Gasteiger partial charge >= 0.3 is 0 Å². The molecule has 1 aromatic heterocycles. The third-order valence-electron chi connectivity index (χ3n) is 5.33. The van der Waals surface area contributed by atoms with Crippen molar-refractivity contribution in [3.63, 3.8) is 0 Å². The molecule has 2 bridgehead atoms. The molecule has 2 heteroatoms. The van der Waals surface area contributed by atoms with Gasteiger partial charge in [0, 0.05) is 15.8 Å². The van der Waals surface area contributed by atoms with Gasteiger partial charge in [-0.15, -0.1) is 11.3 Å². The van der Waals surface area contributed by atoms with Crippen molar-refractivity contribution in [1.82, 2.24) is 5.32 Å². The van der Waals surface area contributed by atoms with Gasteiger partial charge in [0.2, 0.25) is 0 Å². The number of nitrogens with one attached hydrogen (secondary N) is 1. The lowest BCUT2D eigenvalue weighted by atomic mass is 9.83. The summed E-state index contributed by atoms with van der Waals surface area (Å²) in [6.45, 7) is 7.85. The molecule has 0 spiro atoms. The molecule has 0 saturated heterocycles. The lowest BCUT2D eigenvalue weighted by Gasteiger charge is -2.27. The van der Waals surface area contributed by atoms with E-state index in [1.54, 1.807) is 5.56 Å². The Bertz CT molecular complexity index is 436. The maximum absolute atomic E-state index is 3.75. The molecule has 3 rings (SSSR count). The monoisotopic (exact) mass is 277 g/mol. The molecule has 1 aromatic rings. The maximum Gasteiger partial charge on any atom is 0.0333 e. The van der Waals surface area contributed by atoms with Crippen LogP contribution in [0.1, 0.15) is 60.4 Å². The van der Waals surface area contributed by atoms with Crippen LogP contribution in [-0.2, 0) is 0 Å². The van der Waals surface area contributed by atoms with Crippen LogP contribution in [0.25, 0.3) is 0 Å². The highest BCUT2D eigenvalue weighted by Crippen LogP contribution is 2.51. The zero-order valence-electron chi connectivity index (χ0n) is 12.5. The van der Waals surface area contributed by atoms with Gasteiger partial charge in [0.25, 0.3) is 0 Å². The predicted molar refractivity (Wildman–Crippen MR) is 83.8 cm³/mol. The average Bonchev–Trinajstić information content (AvgIpc) is 3.04. The lowest BCUT2D eigenvalue weighted by molar-refractivity contribution is 0.280. The summed E-state index contributed by atoms with van der Waals surface area (Å²) in [4.78, 5) is 2.98. The summed E-state index contributed by atoms with van der Waals surface area (Å²) in [6.07, 6.45) is 7.44. The first-order valence-corrected chi connectivity index (χ1v) is 8.79. The van der Waals surface area contributed by atoms with Gasteiger partial charge in [-0.1, -0.05) is 13.3 Å². The van der Waals surface area contributed by atoms with Crippen molar-refractivity contribution < 1.29 is 0 Å². The molecule has 1 N–H and O–H groups in total. The quantitative estimate of drug-likeness (QED) is 0.812. The van der Waals surface area contributed by atoms with Crippen molar-refractivity contribution in [2.24, 2.45) is 17.8 Å². The summed E-state index contributed by atoms with van der Waals surface area (Å²) in [7, 11) is 0. The molecule has 4 unspecified atom stereocenters. The van der Waals surface area contributed by atoms with Gasteiger partial charge in [-0.2, -0.15) is 0 Å². The largest absolute Gasteiger partial charge is 0.310 e. The Kier molecular flexibility index (Phi) is 4.00. The van der Waals surface area contributed by atoms with E-state index in [-0.39, 0.29) is 0 Å². The number of fused-ring (bicyclic) bond motifs is 2. The number of hydrogen-bond donors (Lipinski definition) is 1. The third-order valence-corrected chi connectivity index (χ3v) is 6.31. The van der Waals surface area contributed by atoms with Crippen LogP contribution in [0.3, 0.4) is 0 Å². The van der Waals surface area contributed by atoms with Crippen LogP contribution in [0.15, 0.2) is 6.07 Å². The van der Waals surface area contributed by atoms with Gasteiger partial charge in [-0.25, -0.2) is 0 Å². The first-order chi connectivity index (χ1) is 9.17. The molecular formula is C17H27NS. The molecule has 0 aromatic carbocycles. The van der Waals surface area contributed by atoms with Crippen molar-refractivity contribution in [1.29, 1.82) is 0 Å². The molecule has 2 aliphatic carbocycles. The molecule has 4 atom stereocenters. The van der Waals surface area contributed by atoms with Crippen molar-refractivity contribution >= 4 is 11.3 Å². The highest BCUT2D eigenvalue weighted by atomic mass is 32.1. The molecule has 0 radical (unpaired) electrons. The minimum Gasteiger partial charge on any atom is -0.310 e. The van der Waals surface area contributed by atoms with Crippen LogP contribution in [0.4, 0.5) is 0 Å². The summed E-state index contributed by atoms with van der Waals surface area (Å²) in [6, 6.07) is 3.01. The SMILES string of the molecule is CCNC(CC1CC2CCC1C2)c1cc(C)sc1C. The third kappa shape index (κ3) is 2.75. The molecule has 0 amide bonds. The fourth-order valence-corrected chi connectivity index (χ4v) is 5.52. The fraction of sp³-hybridized carbons (Fsp3) is 0.765. The standard InChI is InChI=1S/C17H27NS/c1-4-18-17(16-7-11(2)19-12(16)3)10-15-9-13-5-6-14(15)8-13/h7,13-15,17-18H,4-6,8-10H2,1-3H3. The van der Waals surface area contributed by atoms with Crippen molar-refractivity contribution in [3.8, 4) is 0 Å². The summed E-state index contributed by atoms with van der Waals surface area (Å²) in [5.41, 5.74) is 1.58. The van der Waals surface area contributed by atoms with E-state index in [1.165, 1.54) is 41.9 Å². The summed E-state index contributed by atoms with van der Waals surface area (Å²) in [5, 5.41) is 3.75. The molecule has 106 valence electrons. The Hall–Kier alpha value is -0.340. The van der Waals surface area contributed by atoms with E-state index in [0.29, 0.717) is 6.04 Å². The molecule has 2 fully saturated rings. The van der Waals surface area contributed by atoms with E-state index in [2.05, 4.69) is 32.2 Å². The summed E-state index contributed by atoms with van der Waals surface area (Å²) in [5.74, 6) is 3.11. The number of rotatable bonds is 5. The van der Waals surface area contributed by atoms with Gasteiger partial charge < -0.3 is 5.32 Å². The van der Waals surface area contributed by atoms with Gasteiger partial charge in [-0.05, 0) is 75.5 Å². The number of hydrogen-bond acceptors (Lipinski definition) is 2. The Morgan fingerprint density at radius 2 is 2.16 bits per heavy atom.